The second kappa shape index (κ2) is 4.69. The summed E-state index contributed by atoms with van der Waals surface area (Å²) >= 11 is 0. The van der Waals surface area contributed by atoms with Crippen molar-refractivity contribution in [3.63, 3.8) is 0 Å². The van der Waals surface area contributed by atoms with Gasteiger partial charge in [-0.2, -0.15) is 0 Å². The van der Waals surface area contributed by atoms with Gasteiger partial charge >= 0.3 is 6.03 Å². The Labute approximate surface area is 136 Å². The minimum absolute atomic E-state index is 0.151. The molecule has 0 spiro atoms. The number of hydrogen-bond acceptors (Lipinski definition) is 3. The Morgan fingerprint density at radius 1 is 1.26 bits per heavy atom. The molecule has 1 N–H and O–H groups in total. The van der Waals surface area contributed by atoms with Gasteiger partial charge in [-0.3, -0.25) is 15.0 Å². The number of carbonyl (C=O) groups excluding carboxylic acids is 1. The molecule has 0 saturated carbocycles. The van der Waals surface area contributed by atoms with Gasteiger partial charge in [-0.05, 0) is 35.8 Å². The standard InChI is InChI=1S/C17H23N3O3/c1-10-12(19-7-6-18-15(19)21)8-11-13(14(10)20(22)23)17(4,5)9-16(11,2)3/h8H,6-7,9H2,1-5H3,(H,18,21). The molecule has 6 nitrogen and oxygen atoms in total. The van der Waals surface area contributed by atoms with Gasteiger partial charge in [0.25, 0.3) is 5.69 Å². The number of nitrogens with zero attached hydrogens (tertiary/aromatic N) is 2. The van der Waals surface area contributed by atoms with Crippen molar-refractivity contribution in [1.82, 2.24) is 5.32 Å². The first-order valence-electron chi connectivity index (χ1n) is 7.94. The first-order chi connectivity index (χ1) is 10.6. The number of carbonyl (C=O) groups is 1. The molecule has 1 aromatic carbocycles. The Kier molecular flexibility index (Phi) is 3.22. The number of anilines is 1. The lowest BCUT2D eigenvalue weighted by Gasteiger charge is -2.23. The maximum Gasteiger partial charge on any atom is 0.322 e. The highest BCUT2D eigenvalue weighted by Gasteiger charge is 2.48. The molecule has 1 saturated heterocycles. The van der Waals surface area contributed by atoms with Crippen LogP contribution in [0.4, 0.5) is 16.2 Å². The molecular formula is C17H23N3O3. The third kappa shape index (κ3) is 2.19. The number of amides is 2. The summed E-state index contributed by atoms with van der Waals surface area (Å²) in [5.74, 6) is 0. The first kappa shape index (κ1) is 15.8. The number of nitro benzene ring substituents is 1. The van der Waals surface area contributed by atoms with Gasteiger partial charge < -0.3 is 5.32 Å². The van der Waals surface area contributed by atoms with Crippen LogP contribution in [0.3, 0.4) is 0 Å². The number of urea groups is 1. The third-order valence-electron chi connectivity index (χ3n) is 5.15. The quantitative estimate of drug-likeness (QED) is 0.671. The van der Waals surface area contributed by atoms with Crippen molar-refractivity contribution in [2.45, 2.75) is 51.9 Å². The maximum atomic E-state index is 12.0. The molecule has 3 rings (SSSR count). The van der Waals surface area contributed by atoms with E-state index in [1.165, 1.54) is 0 Å². The van der Waals surface area contributed by atoms with Gasteiger partial charge in [0.2, 0.25) is 0 Å². The van der Waals surface area contributed by atoms with Crippen molar-refractivity contribution in [3.8, 4) is 0 Å². The van der Waals surface area contributed by atoms with Crippen molar-refractivity contribution >= 4 is 17.4 Å². The third-order valence-corrected chi connectivity index (χ3v) is 5.15. The second-order valence-corrected chi connectivity index (χ2v) is 7.88. The Hall–Kier alpha value is -2.11. The summed E-state index contributed by atoms with van der Waals surface area (Å²) in [5.41, 5.74) is 2.84. The normalized spacial score (nSPS) is 21.3. The van der Waals surface area contributed by atoms with Gasteiger partial charge in [0, 0.05) is 18.7 Å². The van der Waals surface area contributed by atoms with Crippen LogP contribution in [0.1, 0.15) is 50.8 Å². The molecule has 0 radical (unpaired) electrons. The Balaban J connectivity index is 2.33. The van der Waals surface area contributed by atoms with Crippen molar-refractivity contribution in [2.24, 2.45) is 0 Å². The molecule has 6 heteroatoms. The van der Waals surface area contributed by atoms with Gasteiger partial charge in [0.05, 0.1) is 16.2 Å². The second-order valence-electron chi connectivity index (χ2n) is 7.88. The lowest BCUT2D eigenvalue weighted by Crippen LogP contribution is -2.29. The average molecular weight is 317 g/mol. The zero-order chi connectivity index (χ0) is 17.2. The summed E-state index contributed by atoms with van der Waals surface area (Å²) in [4.78, 5) is 25.2. The lowest BCUT2D eigenvalue weighted by atomic mass is 9.81. The van der Waals surface area contributed by atoms with Gasteiger partial charge in [0.15, 0.2) is 0 Å². The van der Waals surface area contributed by atoms with E-state index in [9.17, 15) is 14.9 Å². The molecule has 124 valence electrons. The summed E-state index contributed by atoms with van der Waals surface area (Å²) in [6.07, 6.45) is 0.852. The van der Waals surface area contributed by atoms with Gasteiger partial charge in [-0.15, -0.1) is 0 Å². The Morgan fingerprint density at radius 3 is 2.43 bits per heavy atom. The van der Waals surface area contributed by atoms with Crippen LogP contribution < -0.4 is 10.2 Å². The zero-order valence-corrected chi connectivity index (χ0v) is 14.3. The van der Waals surface area contributed by atoms with Gasteiger partial charge in [-0.25, -0.2) is 4.79 Å². The molecule has 1 heterocycles. The minimum Gasteiger partial charge on any atom is -0.336 e. The Bertz CT molecular complexity index is 722. The topological polar surface area (TPSA) is 75.5 Å². The molecule has 0 bridgehead atoms. The van der Waals surface area contributed by atoms with Gasteiger partial charge in [0.1, 0.15) is 0 Å². The summed E-state index contributed by atoms with van der Waals surface area (Å²) in [5, 5.41) is 14.6. The first-order valence-corrected chi connectivity index (χ1v) is 7.94. The highest BCUT2D eigenvalue weighted by atomic mass is 16.6. The molecule has 1 fully saturated rings. The van der Waals surface area contributed by atoms with Crippen LogP contribution in [-0.2, 0) is 10.8 Å². The number of benzene rings is 1. The van der Waals surface area contributed by atoms with E-state index in [1.54, 1.807) is 11.8 Å². The fourth-order valence-corrected chi connectivity index (χ4v) is 4.47. The molecule has 0 atom stereocenters. The van der Waals surface area contributed by atoms with Crippen LogP contribution in [0, 0.1) is 17.0 Å². The summed E-state index contributed by atoms with van der Waals surface area (Å²) in [6.45, 7) is 11.2. The van der Waals surface area contributed by atoms with Crippen LogP contribution in [0.2, 0.25) is 0 Å². The SMILES string of the molecule is Cc1c(N2CCNC2=O)cc2c(c1[N+](=O)[O-])C(C)(C)CC2(C)C. The highest BCUT2D eigenvalue weighted by Crippen LogP contribution is 2.55. The molecule has 1 aliphatic heterocycles. The van der Waals surface area contributed by atoms with E-state index in [0.29, 0.717) is 24.3 Å². The van der Waals surface area contributed by atoms with Crippen molar-refractivity contribution < 1.29 is 9.72 Å². The minimum atomic E-state index is -0.283. The molecule has 0 aromatic heterocycles. The van der Waals surface area contributed by atoms with Crippen molar-refractivity contribution in [3.05, 3.63) is 32.9 Å². The molecular weight excluding hydrogens is 294 g/mol. The van der Waals surface area contributed by atoms with E-state index in [0.717, 1.165) is 17.5 Å². The van der Waals surface area contributed by atoms with Gasteiger partial charge in [-0.1, -0.05) is 27.7 Å². The van der Waals surface area contributed by atoms with Crippen LogP contribution in [0.5, 0.6) is 0 Å². The summed E-state index contributed by atoms with van der Waals surface area (Å²) in [6, 6.07) is 1.81. The van der Waals surface area contributed by atoms with E-state index < -0.39 is 0 Å². The monoisotopic (exact) mass is 317 g/mol. The van der Waals surface area contributed by atoms with Crippen molar-refractivity contribution in [1.29, 1.82) is 0 Å². The molecule has 23 heavy (non-hydrogen) atoms. The van der Waals surface area contributed by atoms with E-state index in [-0.39, 0.29) is 27.5 Å². The average Bonchev–Trinajstić information content (AvgIpc) is 2.88. The van der Waals surface area contributed by atoms with E-state index in [4.69, 9.17) is 0 Å². The van der Waals surface area contributed by atoms with Crippen LogP contribution in [0.15, 0.2) is 6.07 Å². The predicted octanol–water partition coefficient (Wildman–Crippen LogP) is 3.39. The lowest BCUT2D eigenvalue weighted by molar-refractivity contribution is -0.386. The molecule has 1 aromatic rings. The molecule has 2 aliphatic rings. The fraction of sp³-hybridized carbons (Fsp3) is 0.588. The van der Waals surface area contributed by atoms with E-state index >= 15 is 0 Å². The largest absolute Gasteiger partial charge is 0.336 e. The molecule has 0 unspecified atom stereocenters. The maximum absolute atomic E-state index is 12.0. The van der Waals surface area contributed by atoms with E-state index in [1.807, 2.05) is 6.07 Å². The number of nitrogens with one attached hydrogen (secondary N) is 1. The van der Waals surface area contributed by atoms with E-state index in [2.05, 4.69) is 33.0 Å². The molecule has 1 aliphatic carbocycles. The van der Waals surface area contributed by atoms with Crippen LogP contribution in [-0.4, -0.2) is 24.0 Å². The Morgan fingerprint density at radius 2 is 1.91 bits per heavy atom. The highest BCUT2D eigenvalue weighted by molar-refractivity contribution is 5.96. The predicted molar refractivity (Wildman–Crippen MR) is 89.2 cm³/mol. The number of nitro groups is 1. The fourth-order valence-electron chi connectivity index (χ4n) is 4.47. The zero-order valence-electron chi connectivity index (χ0n) is 14.3. The van der Waals surface area contributed by atoms with Crippen LogP contribution in [0.25, 0.3) is 0 Å². The molecule has 2 amide bonds. The summed E-state index contributed by atoms with van der Waals surface area (Å²) in [7, 11) is 0. The summed E-state index contributed by atoms with van der Waals surface area (Å²) < 4.78 is 0. The van der Waals surface area contributed by atoms with Crippen LogP contribution >= 0.6 is 0 Å². The number of fused-ring (bicyclic) bond motifs is 1. The number of hydrogen-bond donors (Lipinski definition) is 1. The smallest absolute Gasteiger partial charge is 0.322 e. The van der Waals surface area contributed by atoms with Crippen molar-refractivity contribution in [2.75, 3.05) is 18.0 Å². The number of rotatable bonds is 2.